The van der Waals surface area contributed by atoms with Gasteiger partial charge in [0.2, 0.25) is 0 Å². The van der Waals surface area contributed by atoms with E-state index in [2.05, 4.69) is 25.6 Å². The average Bonchev–Trinajstić information content (AvgIpc) is 2.37. The van der Waals surface area contributed by atoms with Crippen molar-refractivity contribution in [2.75, 3.05) is 10.5 Å². The summed E-state index contributed by atoms with van der Waals surface area (Å²) in [6, 6.07) is 5.81. The van der Waals surface area contributed by atoms with E-state index in [1.807, 2.05) is 6.92 Å². The largest absolute Gasteiger partial charge is 0.397 e. The Bertz CT molecular complexity index is 765. The minimum absolute atomic E-state index is 0.0416. The fourth-order valence-electron chi connectivity index (χ4n) is 1.52. The molecule has 0 atom stereocenters. The summed E-state index contributed by atoms with van der Waals surface area (Å²) < 4.78 is 27.5. The van der Waals surface area contributed by atoms with Crippen LogP contribution in [0.3, 0.4) is 0 Å². The summed E-state index contributed by atoms with van der Waals surface area (Å²) in [5, 5.41) is 0.310. The number of nitrogen functional groups attached to an aromatic ring is 1. The molecule has 2 rings (SSSR count). The molecule has 0 bridgehead atoms. The van der Waals surface area contributed by atoms with Crippen LogP contribution < -0.4 is 10.5 Å². The van der Waals surface area contributed by atoms with Gasteiger partial charge in [-0.25, -0.2) is 13.4 Å². The number of nitrogens with zero attached hydrogens (tertiary/aromatic N) is 1. The van der Waals surface area contributed by atoms with E-state index in [9.17, 15) is 8.42 Å². The Morgan fingerprint density at radius 2 is 2.05 bits per heavy atom. The number of nitrogens with two attached hydrogens (primary N) is 1. The van der Waals surface area contributed by atoms with Crippen molar-refractivity contribution >= 4 is 48.9 Å². The van der Waals surface area contributed by atoms with Gasteiger partial charge in [-0.3, -0.25) is 4.72 Å². The summed E-state index contributed by atoms with van der Waals surface area (Å²) >= 11 is 9.03. The number of benzene rings is 1. The van der Waals surface area contributed by atoms with E-state index in [0.29, 0.717) is 15.3 Å². The van der Waals surface area contributed by atoms with Gasteiger partial charge in [-0.15, -0.1) is 0 Å². The Hall–Kier alpha value is -1.31. The van der Waals surface area contributed by atoms with Crippen LogP contribution in [0, 0.1) is 6.92 Å². The number of sulfonamides is 1. The fourth-order valence-corrected chi connectivity index (χ4v) is 2.92. The molecule has 2 aromatic rings. The highest BCUT2D eigenvalue weighted by atomic mass is 79.9. The van der Waals surface area contributed by atoms with E-state index < -0.39 is 10.0 Å². The molecule has 0 radical (unpaired) electrons. The van der Waals surface area contributed by atoms with Crippen LogP contribution in [0.15, 0.2) is 40.0 Å². The predicted molar refractivity (Wildman–Crippen MR) is 83.3 cm³/mol. The van der Waals surface area contributed by atoms with Crippen LogP contribution >= 0.6 is 27.5 Å². The van der Waals surface area contributed by atoms with Crippen molar-refractivity contribution in [2.45, 2.75) is 11.8 Å². The van der Waals surface area contributed by atoms with Crippen LogP contribution in [0.1, 0.15) is 5.56 Å². The Labute approximate surface area is 130 Å². The molecule has 20 heavy (non-hydrogen) atoms. The Morgan fingerprint density at radius 3 is 2.65 bits per heavy atom. The molecule has 0 unspecified atom stereocenters. The first-order chi connectivity index (χ1) is 9.29. The van der Waals surface area contributed by atoms with Gasteiger partial charge in [0.15, 0.2) is 0 Å². The molecule has 0 spiro atoms. The molecule has 1 aromatic heterocycles. The summed E-state index contributed by atoms with van der Waals surface area (Å²) in [6.07, 6.45) is 1.42. The molecule has 0 aliphatic carbocycles. The van der Waals surface area contributed by atoms with Gasteiger partial charge < -0.3 is 5.73 Å². The second-order valence-electron chi connectivity index (χ2n) is 4.12. The number of rotatable bonds is 3. The molecular formula is C12H11BrClN3O2S. The standard InChI is InChI=1S/C12H11BrClN3O2S/c1-7-4-8(6-16-12(7)13)17-20(18,19)9-2-3-10(14)11(15)5-9/h2-6,17H,15H2,1H3. The van der Waals surface area contributed by atoms with Crippen molar-refractivity contribution < 1.29 is 8.42 Å². The smallest absolute Gasteiger partial charge is 0.262 e. The molecule has 3 N–H and O–H groups in total. The second-order valence-corrected chi connectivity index (χ2v) is 6.96. The van der Waals surface area contributed by atoms with E-state index in [1.165, 1.54) is 24.4 Å². The third kappa shape index (κ3) is 3.23. The topological polar surface area (TPSA) is 85.1 Å². The lowest BCUT2D eigenvalue weighted by atomic mass is 10.3. The minimum Gasteiger partial charge on any atom is -0.397 e. The molecule has 1 heterocycles. The van der Waals surface area contributed by atoms with Crippen LogP contribution in [0.2, 0.25) is 5.02 Å². The molecule has 0 amide bonds. The van der Waals surface area contributed by atoms with E-state index in [4.69, 9.17) is 17.3 Å². The van der Waals surface area contributed by atoms with E-state index in [-0.39, 0.29) is 10.6 Å². The minimum atomic E-state index is -3.73. The zero-order valence-corrected chi connectivity index (χ0v) is 13.6. The number of anilines is 2. The van der Waals surface area contributed by atoms with E-state index >= 15 is 0 Å². The highest BCUT2D eigenvalue weighted by Gasteiger charge is 2.16. The molecule has 0 saturated carbocycles. The number of pyridine rings is 1. The quantitative estimate of drug-likeness (QED) is 0.636. The number of hydrogen-bond donors (Lipinski definition) is 2. The Balaban J connectivity index is 2.35. The number of aryl methyl sites for hydroxylation is 1. The van der Waals surface area contributed by atoms with Gasteiger partial charge in [-0.2, -0.15) is 0 Å². The first kappa shape index (κ1) is 15.1. The van der Waals surface area contributed by atoms with Crippen LogP contribution in [-0.2, 0) is 10.0 Å². The zero-order valence-electron chi connectivity index (χ0n) is 10.4. The van der Waals surface area contributed by atoms with Crippen LogP contribution in [0.5, 0.6) is 0 Å². The van der Waals surface area contributed by atoms with Crippen molar-refractivity contribution in [1.82, 2.24) is 4.98 Å². The van der Waals surface area contributed by atoms with Gasteiger partial charge in [0.25, 0.3) is 10.0 Å². The first-order valence-electron chi connectivity index (χ1n) is 5.49. The highest BCUT2D eigenvalue weighted by molar-refractivity contribution is 9.10. The maximum absolute atomic E-state index is 12.2. The van der Waals surface area contributed by atoms with Crippen LogP contribution in [-0.4, -0.2) is 13.4 Å². The van der Waals surface area contributed by atoms with E-state index in [0.717, 1.165) is 5.56 Å². The van der Waals surface area contributed by atoms with E-state index in [1.54, 1.807) is 6.07 Å². The van der Waals surface area contributed by atoms with Crippen molar-refractivity contribution in [1.29, 1.82) is 0 Å². The summed E-state index contributed by atoms with van der Waals surface area (Å²) in [4.78, 5) is 4.07. The lowest BCUT2D eigenvalue weighted by Gasteiger charge is -2.10. The molecule has 0 aliphatic rings. The monoisotopic (exact) mass is 375 g/mol. The molecule has 0 fully saturated rings. The average molecular weight is 377 g/mol. The van der Waals surface area contributed by atoms with Crippen molar-refractivity contribution in [3.63, 3.8) is 0 Å². The summed E-state index contributed by atoms with van der Waals surface area (Å²) in [5.74, 6) is 0. The zero-order chi connectivity index (χ0) is 14.9. The molecule has 0 aliphatic heterocycles. The van der Waals surface area contributed by atoms with Gasteiger partial charge in [-0.1, -0.05) is 11.6 Å². The van der Waals surface area contributed by atoms with Gasteiger partial charge in [0.05, 0.1) is 27.5 Å². The normalized spacial score (nSPS) is 11.3. The third-order valence-corrected chi connectivity index (χ3v) is 5.10. The summed E-state index contributed by atoms with van der Waals surface area (Å²) in [7, 11) is -3.73. The molecule has 106 valence electrons. The maximum Gasteiger partial charge on any atom is 0.262 e. The first-order valence-corrected chi connectivity index (χ1v) is 8.15. The number of nitrogens with one attached hydrogen (secondary N) is 1. The second kappa shape index (κ2) is 5.59. The van der Waals surface area contributed by atoms with Crippen molar-refractivity contribution in [3.05, 3.63) is 45.7 Å². The molecule has 8 heteroatoms. The van der Waals surface area contributed by atoms with Crippen molar-refractivity contribution in [2.24, 2.45) is 0 Å². The lowest BCUT2D eigenvalue weighted by molar-refractivity contribution is 0.601. The van der Waals surface area contributed by atoms with Gasteiger partial charge in [-0.05, 0) is 52.7 Å². The fraction of sp³-hybridized carbons (Fsp3) is 0.0833. The van der Waals surface area contributed by atoms with Gasteiger partial charge >= 0.3 is 0 Å². The predicted octanol–water partition coefficient (Wildman–Crippen LogP) is 3.19. The summed E-state index contributed by atoms with van der Waals surface area (Å²) in [6.45, 7) is 1.81. The molecular weight excluding hydrogens is 366 g/mol. The van der Waals surface area contributed by atoms with Crippen LogP contribution in [0.4, 0.5) is 11.4 Å². The van der Waals surface area contributed by atoms with Crippen LogP contribution in [0.25, 0.3) is 0 Å². The summed E-state index contributed by atoms with van der Waals surface area (Å²) in [5.41, 5.74) is 7.01. The van der Waals surface area contributed by atoms with Crippen molar-refractivity contribution in [3.8, 4) is 0 Å². The Kier molecular flexibility index (Phi) is 4.22. The molecule has 0 saturated heterocycles. The van der Waals surface area contributed by atoms with Gasteiger partial charge in [0.1, 0.15) is 4.60 Å². The lowest BCUT2D eigenvalue weighted by Crippen LogP contribution is -2.13. The maximum atomic E-state index is 12.2. The molecule has 5 nitrogen and oxygen atoms in total. The number of aromatic nitrogens is 1. The third-order valence-electron chi connectivity index (χ3n) is 2.54. The molecule has 1 aromatic carbocycles. The van der Waals surface area contributed by atoms with Gasteiger partial charge in [0, 0.05) is 0 Å². The Morgan fingerprint density at radius 1 is 1.35 bits per heavy atom. The SMILES string of the molecule is Cc1cc(NS(=O)(=O)c2ccc(Cl)c(N)c2)cnc1Br. The highest BCUT2D eigenvalue weighted by Crippen LogP contribution is 2.24. The number of hydrogen-bond acceptors (Lipinski definition) is 4. The number of halogens is 2.